The minimum absolute atomic E-state index is 1.06. The van der Waals surface area contributed by atoms with Crippen LogP contribution in [0.3, 0.4) is 0 Å². The van der Waals surface area contributed by atoms with Crippen molar-refractivity contribution in [2.24, 2.45) is 7.05 Å². The van der Waals surface area contributed by atoms with Crippen molar-refractivity contribution in [2.45, 2.75) is 13.8 Å². The maximum atomic E-state index is 4.47. The Morgan fingerprint density at radius 1 is 1.20 bits per heavy atom. The van der Waals surface area contributed by atoms with E-state index < -0.39 is 0 Å². The molecule has 0 spiro atoms. The smallest absolute Gasteiger partial charge is 0.156 e. The van der Waals surface area contributed by atoms with Crippen LogP contribution < -0.4 is 4.68 Å². The number of aryl methyl sites for hydroxylation is 1. The third kappa shape index (κ3) is 1.81. The van der Waals surface area contributed by atoms with Crippen molar-refractivity contribution in [3.63, 3.8) is 0 Å². The van der Waals surface area contributed by atoms with Gasteiger partial charge in [-0.3, -0.25) is 0 Å². The van der Waals surface area contributed by atoms with E-state index in [0.29, 0.717) is 0 Å². The SMILES string of the molecule is Cc1nn(-c2ccc(Br)cc2)[n+](C)c1C. The van der Waals surface area contributed by atoms with Crippen LogP contribution in [0.15, 0.2) is 28.7 Å². The summed E-state index contributed by atoms with van der Waals surface area (Å²) in [5, 5.41) is 4.47. The number of hydrogen-bond donors (Lipinski definition) is 0. The molecule has 0 aliphatic carbocycles. The standard InChI is InChI=1S/C11H13BrN3/c1-8-9(2)14(3)15(13-8)11-6-4-10(12)5-7-11/h4-7H,1-3H3/q+1. The molecule has 1 aromatic heterocycles. The Labute approximate surface area is 97.5 Å². The minimum Gasteiger partial charge on any atom is -0.156 e. The van der Waals surface area contributed by atoms with E-state index in [1.807, 2.05) is 47.7 Å². The van der Waals surface area contributed by atoms with Crippen LogP contribution in [-0.4, -0.2) is 9.90 Å². The molecule has 1 heterocycles. The summed E-state index contributed by atoms with van der Waals surface area (Å²) in [6.07, 6.45) is 0. The second-order valence-electron chi connectivity index (χ2n) is 3.56. The van der Waals surface area contributed by atoms with Crippen molar-refractivity contribution in [3.05, 3.63) is 40.1 Å². The molecule has 4 heteroatoms. The molecule has 0 aliphatic rings. The van der Waals surface area contributed by atoms with E-state index in [0.717, 1.165) is 15.9 Å². The topological polar surface area (TPSA) is 21.7 Å². The fraction of sp³-hybridized carbons (Fsp3) is 0.273. The average Bonchev–Trinajstić information content (AvgIpc) is 2.47. The number of rotatable bonds is 1. The Hall–Kier alpha value is -1.16. The van der Waals surface area contributed by atoms with Gasteiger partial charge < -0.3 is 0 Å². The van der Waals surface area contributed by atoms with E-state index >= 15 is 0 Å². The molecule has 0 saturated heterocycles. The van der Waals surface area contributed by atoms with Gasteiger partial charge in [-0.05, 0) is 29.1 Å². The third-order valence-electron chi connectivity index (χ3n) is 2.60. The molecular weight excluding hydrogens is 254 g/mol. The lowest BCUT2D eigenvalue weighted by Crippen LogP contribution is -2.40. The highest BCUT2D eigenvalue weighted by atomic mass is 79.9. The van der Waals surface area contributed by atoms with Crippen LogP contribution in [0.5, 0.6) is 0 Å². The van der Waals surface area contributed by atoms with E-state index in [9.17, 15) is 0 Å². The van der Waals surface area contributed by atoms with Crippen molar-refractivity contribution in [2.75, 3.05) is 0 Å². The molecule has 2 rings (SSSR count). The molecule has 1 aromatic carbocycles. The van der Waals surface area contributed by atoms with Gasteiger partial charge in [0.05, 0.1) is 0 Å². The second kappa shape index (κ2) is 3.77. The highest BCUT2D eigenvalue weighted by Gasteiger charge is 2.16. The van der Waals surface area contributed by atoms with Crippen LogP contribution >= 0.6 is 15.9 Å². The predicted octanol–water partition coefficient (Wildman–Crippen LogP) is 2.08. The molecule has 0 unspecified atom stereocenters. The molecule has 0 radical (unpaired) electrons. The monoisotopic (exact) mass is 266 g/mol. The molecule has 0 fully saturated rings. The molecule has 3 nitrogen and oxygen atoms in total. The molecule has 0 bridgehead atoms. The maximum absolute atomic E-state index is 4.47. The molecule has 15 heavy (non-hydrogen) atoms. The van der Waals surface area contributed by atoms with Gasteiger partial charge in [-0.1, -0.05) is 15.9 Å². The lowest BCUT2D eigenvalue weighted by Gasteiger charge is -1.98. The quantitative estimate of drug-likeness (QED) is 0.725. The first kappa shape index (κ1) is 10.4. The lowest BCUT2D eigenvalue weighted by molar-refractivity contribution is -0.753. The third-order valence-corrected chi connectivity index (χ3v) is 3.12. The summed E-state index contributed by atoms with van der Waals surface area (Å²) in [5.41, 5.74) is 3.30. The Balaban J connectivity index is 2.54. The van der Waals surface area contributed by atoms with E-state index in [1.54, 1.807) is 0 Å². The number of nitrogens with zero attached hydrogens (tertiary/aromatic N) is 3. The first-order chi connectivity index (χ1) is 7.09. The van der Waals surface area contributed by atoms with Gasteiger partial charge in [0.25, 0.3) is 0 Å². The van der Waals surface area contributed by atoms with Gasteiger partial charge in [0.15, 0.2) is 5.69 Å². The van der Waals surface area contributed by atoms with Gasteiger partial charge in [0.1, 0.15) is 12.7 Å². The number of aromatic nitrogens is 3. The first-order valence-electron chi connectivity index (χ1n) is 4.78. The highest BCUT2D eigenvalue weighted by Crippen LogP contribution is 2.12. The minimum atomic E-state index is 1.06. The molecule has 78 valence electrons. The Morgan fingerprint density at radius 2 is 1.80 bits per heavy atom. The molecule has 0 N–H and O–H groups in total. The van der Waals surface area contributed by atoms with E-state index in [-0.39, 0.29) is 0 Å². The normalized spacial score (nSPS) is 10.7. The van der Waals surface area contributed by atoms with Gasteiger partial charge in [-0.2, -0.15) is 4.68 Å². The van der Waals surface area contributed by atoms with Gasteiger partial charge in [-0.25, -0.2) is 0 Å². The highest BCUT2D eigenvalue weighted by molar-refractivity contribution is 9.10. The Morgan fingerprint density at radius 3 is 2.27 bits per heavy atom. The molecule has 0 atom stereocenters. The van der Waals surface area contributed by atoms with Gasteiger partial charge >= 0.3 is 0 Å². The summed E-state index contributed by atoms with van der Waals surface area (Å²) in [5.74, 6) is 0. The van der Waals surface area contributed by atoms with Crippen molar-refractivity contribution in [3.8, 4) is 5.69 Å². The number of benzene rings is 1. The summed E-state index contributed by atoms with van der Waals surface area (Å²) in [7, 11) is 2.01. The fourth-order valence-corrected chi connectivity index (χ4v) is 1.73. The van der Waals surface area contributed by atoms with E-state index in [2.05, 4.69) is 28.0 Å². The molecular formula is C11H13BrN3+. The van der Waals surface area contributed by atoms with E-state index in [1.165, 1.54) is 5.69 Å². The maximum Gasteiger partial charge on any atom is 0.218 e. The number of hydrogen-bond acceptors (Lipinski definition) is 1. The first-order valence-corrected chi connectivity index (χ1v) is 5.57. The van der Waals surface area contributed by atoms with Crippen LogP contribution in [0.1, 0.15) is 11.4 Å². The Bertz CT molecular complexity index is 485. The van der Waals surface area contributed by atoms with Crippen LogP contribution in [0.2, 0.25) is 0 Å². The molecule has 0 aliphatic heterocycles. The second-order valence-corrected chi connectivity index (χ2v) is 4.48. The summed E-state index contributed by atoms with van der Waals surface area (Å²) in [6, 6.07) is 8.11. The van der Waals surface area contributed by atoms with Crippen molar-refractivity contribution in [1.82, 2.24) is 9.90 Å². The average molecular weight is 267 g/mol. The van der Waals surface area contributed by atoms with Crippen LogP contribution in [0.25, 0.3) is 5.69 Å². The summed E-state index contributed by atoms with van der Waals surface area (Å²) in [4.78, 5) is 1.90. The van der Waals surface area contributed by atoms with Crippen molar-refractivity contribution >= 4 is 15.9 Å². The van der Waals surface area contributed by atoms with Gasteiger partial charge in [0, 0.05) is 23.4 Å². The van der Waals surface area contributed by atoms with Crippen molar-refractivity contribution in [1.29, 1.82) is 0 Å². The zero-order valence-electron chi connectivity index (χ0n) is 9.03. The Kier molecular flexibility index (Phi) is 2.61. The zero-order chi connectivity index (χ0) is 11.0. The lowest BCUT2D eigenvalue weighted by atomic mass is 10.3. The molecule has 2 aromatic rings. The largest absolute Gasteiger partial charge is 0.218 e. The number of halogens is 1. The zero-order valence-corrected chi connectivity index (χ0v) is 10.6. The van der Waals surface area contributed by atoms with Crippen LogP contribution in [0, 0.1) is 13.8 Å². The molecule has 0 amide bonds. The summed E-state index contributed by atoms with van der Waals surface area (Å²) in [6.45, 7) is 4.09. The van der Waals surface area contributed by atoms with Crippen LogP contribution in [-0.2, 0) is 7.05 Å². The van der Waals surface area contributed by atoms with Crippen molar-refractivity contribution < 1.29 is 4.68 Å². The van der Waals surface area contributed by atoms with Gasteiger partial charge in [0.2, 0.25) is 5.69 Å². The molecule has 0 saturated carbocycles. The summed E-state index contributed by atoms with van der Waals surface area (Å²) >= 11 is 3.42. The van der Waals surface area contributed by atoms with Crippen LogP contribution in [0.4, 0.5) is 0 Å². The predicted molar refractivity (Wildman–Crippen MR) is 61.9 cm³/mol. The van der Waals surface area contributed by atoms with Gasteiger partial charge in [-0.15, -0.1) is 0 Å². The fourth-order valence-electron chi connectivity index (χ4n) is 1.46. The van der Waals surface area contributed by atoms with E-state index in [4.69, 9.17) is 0 Å². The summed E-state index contributed by atoms with van der Waals surface area (Å²) < 4.78 is 3.12.